The van der Waals surface area contributed by atoms with Crippen molar-refractivity contribution in [2.24, 2.45) is 0 Å². The van der Waals surface area contributed by atoms with Crippen molar-refractivity contribution in [2.45, 2.75) is 0 Å². The van der Waals surface area contributed by atoms with Crippen LogP contribution in [0.3, 0.4) is 0 Å². The quantitative estimate of drug-likeness (QED) is 0.376. The molecule has 0 amide bonds. The van der Waals surface area contributed by atoms with Gasteiger partial charge >= 0.3 is 0 Å². The van der Waals surface area contributed by atoms with Crippen LogP contribution in [0.4, 0.5) is 5.69 Å². The molecule has 0 bridgehead atoms. The first-order valence-electron chi connectivity index (χ1n) is 3.28. The van der Waals surface area contributed by atoms with Crippen LogP contribution in [0.2, 0.25) is 0 Å². The van der Waals surface area contributed by atoms with Gasteiger partial charge in [-0.05, 0) is 5.56 Å². The summed E-state index contributed by atoms with van der Waals surface area (Å²) >= 11 is 0. The first-order chi connectivity index (χ1) is 5.74. The Balaban J connectivity index is 2.97. The predicted octanol–water partition coefficient (Wildman–Crippen LogP) is 1.78. The highest BCUT2D eigenvalue weighted by Gasteiger charge is 2.03. The van der Waals surface area contributed by atoms with Crippen molar-refractivity contribution in [3.05, 3.63) is 46.4 Å². The van der Waals surface area contributed by atoms with E-state index >= 15 is 0 Å². The van der Waals surface area contributed by atoms with Gasteiger partial charge in [-0.15, -0.1) is 6.42 Å². The van der Waals surface area contributed by atoms with Crippen molar-refractivity contribution < 1.29 is 4.92 Å². The van der Waals surface area contributed by atoms with E-state index in [0.717, 1.165) is 0 Å². The van der Waals surface area contributed by atoms with Crippen LogP contribution in [0.25, 0.3) is 0 Å². The van der Waals surface area contributed by atoms with E-state index in [9.17, 15) is 10.1 Å². The second-order valence-electron chi connectivity index (χ2n) is 2.16. The summed E-state index contributed by atoms with van der Waals surface area (Å²) in [5.41, 5.74) is 0.728. The molecule has 0 saturated carbocycles. The van der Waals surface area contributed by atoms with E-state index in [-0.39, 0.29) is 5.69 Å². The molecule has 1 aromatic carbocycles. The molecule has 0 fully saturated rings. The minimum absolute atomic E-state index is 0.0546. The van der Waals surface area contributed by atoms with Crippen molar-refractivity contribution in [1.82, 2.24) is 0 Å². The molecule has 0 aliphatic carbocycles. The monoisotopic (exact) mass is 160 g/mol. The van der Waals surface area contributed by atoms with Crippen LogP contribution in [0.1, 0.15) is 5.56 Å². The summed E-state index contributed by atoms with van der Waals surface area (Å²) in [5, 5.41) is 10.3. The standard InChI is InChI=1S/C9H6NO2/c1-2-4-8-5-3-6-9(7-8)10(11)12/h1,3-7H. The fraction of sp³-hybridized carbons (Fsp3) is 0. The molecule has 0 unspecified atom stereocenters. The van der Waals surface area contributed by atoms with Crippen molar-refractivity contribution in [1.29, 1.82) is 0 Å². The van der Waals surface area contributed by atoms with Gasteiger partial charge < -0.3 is 0 Å². The molecule has 12 heavy (non-hydrogen) atoms. The van der Waals surface area contributed by atoms with E-state index in [1.807, 2.05) is 0 Å². The number of nitro benzene ring substituents is 1. The zero-order chi connectivity index (χ0) is 8.97. The van der Waals surface area contributed by atoms with Crippen molar-refractivity contribution in [2.75, 3.05) is 0 Å². The fourth-order valence-electron chi connectivity index (χ4n) is 0.824. The first kappa shape index (κ1) is 8.28. The van der Waals surface area contributed by atoms with Gasteiger partial charge in [0.1, 0.15) is 0 Å². The minimum atomic E-state index is -0.451. The summed E-state index contributed by atoms with van der Waals surface area (Å²) in [7, 11) is 0. The van der Waals surface area contributed by atoms with E-state index in [0.29, 0.717) is 5.56 Å². The van der Waals surface area contributed by atoms with Gasteiger partial charge in [0.05, 0.1) is 11.3 Å². The van der Waals surface area contributed by atoms with Crippen LogP contribution >= 0.6 is 0 Å². The number of non-ortho nitro benzene ring substituents is 1. The summed E-state index contributed by atoms with van der Waals surface area (Å²) in [6, 6.07) is 6.17. The summed E-state index contributed by atoms with van der Waals surface area (Å²) in [4.78, 5) is 9.85. The van der Waals surface area contributed by atoms with Crippen molar-refractivity contribution in [3.63, 3.8) is 0 Å². The maximum atomic E-state index is 10.3. The largest absolute Gasteiger partial charge is 0.269 e. The molecule has 1 rings (SSSR count). The van der Waals surface area contributed by atoms with Gasteiger partial charge in [0.2, 0.25) is 0 Å². The highest BCUT2D eigenvalue weighted by atomic mass is 16.6. The van der Waals surface area contributed by atoms with Crippen LogP contribution in [-0.2, 0) is 0 Å². The Kier molecular flexibility index (Phi) is 2.44. The summed E-state index contributed by atoms with van der Waals surface area (Å²) < 4.78 is 0. The molecular weight excluding hydrogens is 154 g/mol. The third kappa shape index (κ3) is 1.83. The van der Waals surface area contributed by atoms with E-state index < -0.39 is 4.92 Å². The van der Waals surface area contributed by atoms with Gasteiger partial charge in [0.25, 0.3) is 5.69 Å². The molecule has 1 aromatic rings. The lowest BCUT2D eigenvalue weighted by molar-refractivity contribution is -0.384. The third-order valence-electron chi connectivity index (χ3n) is 1.33. The Labute approximate surface area is 70.2 Å². The fourth-order valence-corrected chi connectivity index (χ4v) is 0.824. The van der Waals surface area contributed by atoms with Gasteiger partial charge in [0.15, 0.2) is 0 Å². The molecule has 0 saturated heterocycles. The Bertz CT molecular complexity index is 339. The number of rotatable bonds is 2. The minimum Gasteiger partial charge on any atom is -0.258 e. The number of nitro groups is 1. The smallest absolute Gasteiger partial charge is 0.258 e. The lowest BCUT2D eigenvalue weighted by atomic mass is 10.1. The second-order valence-corrected chi connectivity index (χ2v) is 2.16. The molecule has 59 valence electrons. The average Bonchev–Trinajstić information content (AvgIpc) is 2.05. The Hall–Kier alpha value is -1.82. The average molecular weight is 160 g/mol. The molecule has 0 aliphatic rings. The predicted molar refractivity (Wildman–Crippen MR) is 45.3 cm³/mol. The highest BCUT2D eigenvalue weighted by Crippen LogP contribution is 2.13. The topological polar surface area (TPSA) is 43.1 Å². The SMILES string of the molecule is C#C[CH]c1cccc([N+](=O)[O-])c1. The van der Waals surface area contributed by atoms with Gasteiger partial charge in [-0.1, -0.05) is 18.1 Å². The Morgan fingerprint density at radius 3 is 2.92 bits per heavy atom. The molecule has 0 aliphatic heterocycles. The molecule has 0 spiro atoms. The number of hydrogen-bond acceptors (Lipinski definition) is 2. The molecule has 0 aromatic heterocycles. The van der Waals surface area contributed by atoms with Gasteiger partial charge in [-0.25, -0.2) is 0 Å². The van der Waals surface area contributed by atoms with E-state index in [1.165, 1.54) is 18.6 Å². The number of hydrogen-bond donors (Lipinski definition) is 0. The Morgan fingerprint density at radius 1 is 1.58 bits per heavy atom. The molecular formula is C9H6NO2. The van der Waals surface area contributed by atoms with E-state index in [2.05, 4.69) is 5.92 Å². The van der Waals surface area contributed by atoms with Crippen molar-refractivity contribution in [3.8, 4) is 12.3 Å². The maximum absolute atomic E-state index is 10.3. The number of benzene rings is 1. The summed E-state index contributed by atoms with van der Waals surface area (Å²) in [6.45, 7) is 0. The molecule has 3 heteroatoms. The zero-order valence-corrected chi connectivity index (χ0v) is 6.23. The van der Waals surface area contributed by atoms with Crippen LogP contribution in [0.5, 0.6) is 0 Å². The summed E-state index contributed by atoms with van der Waals surface area (Å²) in [6.07, 6.45) is 6.49. The van der Waals surface area contributed by atoms with Crippen LogP contribution < -0.4 is 0 Å². The van der Waals surface area contributed by atoms with Gasteiger partial charge in [-0.2, -0.15) is 0 Å². The molecule has 1 radical (unpaired) electrons. The van der Waals surface area contributed by atoms with Crippen LogP contribution in [0.15, 0.2) is 24.3 Å². The van der Waals surface area contributed by atoms with Crippen LogP contribution in [0, 0.1) is 28.9 Å². The maximum Gasteiger partial charge on any atom is 0.269 e. The molecule has 0 atom stereocenters. The van der Waals surface area contributed by atoms with E-state index in [1.54, 1.807) is 12.1 Å². The number of nitrogens with zero attached hydrogens (tertiary/aromatic N) is 1. The third-order valence-corrected chi connectivity index (χ3v) is 1.33. The molecule has 0 N–H and O–H groups in total. The Morgan fingerprint density at radius 2 is 2.33 bits per heavy atom. The normalized spacial score (nSPS) is 8.92. The first-order valence-corrected chi connectivity index (χ1v) is 3.28. The van der Waals surface area contributed by atoms with Gasteiger partial charge in [0, 0.05) is 12.1 Å². The zero-order valence-electron chi connectivity index (χ0n) is 6.23. The molecule has 0 heterocycles. The van der Waals surface area contributed by atoms with Gasteiger partial charge in [-0.3, -0.25) is 10.1 Å². The van der Waals surface area contributed by atoms with E-state index in [4.69, 9.17) is 6.42 Å². The summed E-state index contributed by atoms with van der Waals surface area (Å²) in [5.74, 6) is 2.30. The lowest BCUT2D eigenvalue weighted by Crippen LogP contribution is -1.88. The van der Waals surface area contributed by atoms with Crippen LogP contribution in [-0.4, -0.2) is 4.92 Å². The molecule has 3 nitrogen and oxygen atoms in total. The highest BCUT2D eigenvalue weighted by molar-refractivity contribution is 5.40. The second kappa shape index (κ2) is 3.54. The van der Waals surface area contributed by atoms with Crippen molar-refractivity contribution >= 4 is 5.69 Å². The number of terminal acetylenes is 1. The lowest BCUT2D eigenvalue weighted by Gasteiger charge is -1.93.